The number of nitrogens with one attached hydrogen (secondary N) is 1. The van der Waals surface area contributed by atoms with Gasteiger partial charge >= 0.3 is 0 Å². The molecule has 1 fully saturated rings. The van der Waals surface area contributed by atoms with E-state index in [1.807, 2.05) is 12.5 Å². The fourth-order valence-electron chi connectivity index (χ4n) is 3.17. The lowest BCUT2D eigenvalue weighted by Crippen LogP contribution is -2.44. The van der Waals surface area contributed by atoms with Gasteiger partial charge in [-0.2, -0.15) is 0 Å². The standard InChI is InChI=1S/C16H21N3/c1-2-5-15(6-3-1)11-16(7-4-8-17-12-16)13-19-10-9-18-14-19/h1-3,5-6,9-10,14,17H,4,7-8,11-13H2. The van der Waals surface area contributed by atoms with Crippen molar-refractivity contribution in [1.29, 1.82) is 0 Å². The first-order valence-electron chi connectivity index (χ1n) is 7.07. The van der Waals surface area contributed by atoms with E-state index in [4.69, 9.17) is 0 Å². The van der Waals surface area contributed by atoms with Gasteiger partial charge in [0.05, 0.1) is 6.33 Å². The highest BCUT2D eigenvalue weighted by atomic mass is 15.0. The van der Waals surface area contributed by atoms with Crippen LogP contribution in [-0.4, -0.2) is 22.6 Å². The van der Waals surface area contributed by atoms with Crippen molar-refractivity contribution in [2.45, 2.75) is 25.8 Å². The Morgan fingerprint density at radius 3 is 2.84 bits per heavy atom. The second-order valence-electron chi connectivity index (χ2n) is 5.68. The summed E-state index contributed by atoms with van der Waals surface area (Å²) in [5.41, 5.74) is 1.76. The Bertz CT molecular complexity index is 484. The van der Waals surface area contributed by atoms with E-state index in [1.54, 1.807) is 0 Å². The zero-order chi connectivity index (χ0) is 13.0. The number of imidazole rings is 1. The number of nitrogens with zero attached hydrogens (tertiary/aromatic N) is 2. The van der Waals surface area contributed by atoms with Gasteiger partial charge < -0.3 is 9.88 Å². The molecule has 3 heteroatoms. The first-order valence-corrected chi connectivity index (χ1v) is 7.07. The van der Waals surface area contributed by atoms with E-state index in [0.717, 1.165) is 26.1 Å². The molecule has 100 valence electrons. The van der Waals surface area contributed by atoms with Crippen LogP contribution < -0.4 is 5.32 Å². The molecule has 3 rings (SSSR count). The summed E-state index contributed by atoms with van der Waals surface area (Å²) >= 11 is 0. The van der Waals surface area contributed by atoms with Crippen LogP contribution in [0.3, 0.4) is 0 Å². The molecule has 1 aromatic carbocycles. The molecule has 1 aliphatic heterocycles. The van der Waals surface area contributed by atoms with E-state index in [1.165, 1.54) is 18.4 Å². The van der Waals surface area contributed by atoms with Crippen LogP contribution in [0.15, 0.2) is 49.1 Å². The molecule has 19 heavy (non-hydrogen) atoms. The highest BCUT2D eigenvalue weighted by molar-refractivity contribution is 5.17. The molecule has 0 saturated carbocycles. The molecule has 2 heterocycles. The number of piperidine rings is 1. The van der Waals surface area contributed by atoms with Gasteiger partial charge in [-0.15, -0.1) is 0 Å². The summed E-state index contributed by atoms with van der Waals surface area (Å²) in [5, 5.41) is 3.57. The fraction of sp³-hybridized carbons (Fsp3) is 0.438. The molecule has 1 unspecified atom stereocenters. The lowest BCUT2D eigenvalue weighted by Gasteiger charge is -2.38. The molecule has 1 aliphatic rings. The number of rotatable bonds is 4. The molecule has 0 amide bonds. The third-order valence-electron chi connectivity index (χ3n) is 4.06. The van der Waals surface area contributed by atoms with Crippen molar-refractivity contribution in [3.05, 3.63) is 54.6 Å². The first-order chi connectivity index (χ1) is 9.36. The van der Waals surface area contributed by atoms with Crippen molar-refractivity contribution in [1.82, 2.24) is 14.9 Å². The molecular weight excluding hydrogens is 234 g/mol. The predicted molar refractivity (Wildman–Crippen MR) is 76.9 cm³/mol. The topological polar surface area (TPSA) is 29.9 Å². The summed E-state index contributed by atoms with van der Waals surface area (Å²) in [6.07, 6.45) is 9.56. The monoisotopic (exact) mass is 255 g/mol. The Balaban J connectivity index is 1.80. The zero-order valence-electron chi connectivity index (χ0n) is 11.3. The molecule has 3 nitrogen and oxygen atoms in total. The minimum atomic E-state index is 0.320. The van der Waals surface area contributed by atoms with Gasteiger partial charge in [-0.05, 0) is 31.4 Å². The largest absolute Gasteiger partial charge is 0.337 e. The highest BCUT2D eigenvalue weighted by Crippen LogP contribution is 2.32. The lowest BCUT2D eigenvalue weighted by atomic mass is 9.75. The van der Waals surface area contributed by atoms with Crippen molar-refractivity contribution in [2.75, 3.05) is 13.1 Å². The van der Waals surface area contributed by atoms with Gasteiger partial charge in [-0.25, -0.2) is 4.98 Å². The maximum atomic E-state index is 4.17. The summed E-state index contributed by atoms with van der Waals surface area (Å²) in [4.78, 5) is 4.17. The van der Waals surface area contributed by atoms with Gasteiger partial charge in [0.25, 0.3) is 0 Å². The van der Waals surface area contributed by atoms with Crippen molar-refractivity contribution < 1.29 is 0 Å². The minimum absolute atomic E-state index is 0.320. The Morgan fingerprint density at radius 2 is 2.16 bits per heavy atom. The third-order valence-corrected chi connectivity index (χ3v) is 4.06. The van der Waals surface area contributed by atoms with E-state index in [0.29, 0.717) is 5.41 Å². The normalized spacial score (nSPS) is 23.4. The van der Waals surface area contributed by atoms with Crippen LogP contribution >= 0.6 is 0 Å². The lowest BCUT2D eigenvalue weighted by molar-refractivity contribution is 0.174. The second kappa shape index (κ2) is 5.57. The number of aromatic nitrogens is 2. The molecule has 1 N–H and O–H groups in total. The van der Waals surface area contributed by atoms with Crippen LogP contribution in [0, 0.1) is 5.41 Å². The molecule has 0 radical (unpaired) electrons. The SMILES string of the molecule is c1ccc(CC2(Cn3ccnc3)CCCNC2)cc1. The van der Waals surface area contributed by atoms with Crippen molar-refractivity contribution in [3.63, 3.8) is 0 Å². The van der Waals surface area contributed by atoms with Crippen LogP contribution in [0.2, 0.25) is 0 Å². The van der Waals surface area contributed by atoms with Gasteiger partial charge in [0.2, 0.25) is 0 Å². The zero-order valence-corrected chi connectivity index (χ0v) is 11.3. The van der Waals surface area contributed by atoms with Crippen molar-refractivity contribution >= 4 is 0 Å². The van der Waals surface area contributed by atoms with Crippen LogP contribution in [-0.2, 0) is 13.0 Å². The Morgan fingerprint density at radius 1 is 1.26 bits per heavy atom. The van der Waals surface area contributed by atoms with E-state index < -0.39 is 0 Å². The summed E-state index contributed by atoms with van der Waals surface area (Å²) in [6.45, 7) is 3.30. The van der Waals surface area contributed by atoms with E-state index >= 15 is 0 Å². The summed E-state index contributed by atoms with van der Waals surface area (Å²) < 4.78 is 2.22. The molecule has 0 bridgehead atoms. The summed E-state index contributed by atoms with van der Waals surface area (Å²) in [6, 6.07) is 10.8. The van der Waals surface area contributed by atoms with Gasteiger partial charge in [-0.1, -0.05) is 30.3 Å². The molecular formula is C16H21N3. The highest BCUT2D eigenvalue weighted by Gasteiger charge is 2.32. The summed E-state index contributed by atoms with van der Waals surface area (Å²) in [7, 11) is 0. The maximum Gasteiger partial charge on any atom is 0.0946 e. The second-order valence-corrected chi connectivity index (χ2v) is 5.68. The smallest absolute Gasteiger partial charge is 0.0946 e. The fourth-order valence-corrected chi connectivity index (χ4v) is 3.17. The van der Waals surface area contributed by atoms with E-state index in [9.17, 15) is 0 Å². The summed E-state index contributed by atoms with van der Waals surface area (Å²) in [5.74, 6) is 0. The van der Waals surface area contributed by atoms with Gasteiger partial charge in [-0.3, -0.25) is 0 Å². The van der Waals surface area contributed by atoms with Gasteiger partial charge in [0.15, 0.2) is 0 Å². The molecule has 2 aromatic rings. The number of hydrogen-bond acceptors (Lipinski definition) is 2. The van der Waals surface area contributed by atoms with Crippen LogP contribution in [0.5, 0.6) is 0 Å². The predicted octanol–water partition coefficient (Wildman–Crippen LogP) is 2.50. The third kappa shape index (κ3) is 3.04. The van der Waals surface area contributed by atoms with Crippen LogP contribution in [0.4, 0.5) is 0 Å². The molecule has 0 spiro atoms. The van der Waals surface area contributed by atoms with Gasteiger partial charge in [0.1, 0.15) is 0 Å². The molecule has 0 aliphatic carbocycles. The molecule has 1 saturated heterocycles. The Hall–Kier alpha value is -1.61. The van der Waals surface area contributed by atoms with Crippen LogP contribution in [0.1, 0.15) is 18.4 Å². The quantitative estimate of drug-likeness (QED) is 0.909. The first kappa shape index (κ1) is 12.4. The molecule has 1 aromatic heterocycles. The van der Waals surface area contributed by atoms with Crippen molar-refractivity contribution in [2.24, 2.45) is 5.41 Å². The van der Waals surface area contributed by atoms with Crippen LogP contribution in [0.25, 0.3) is 0 Å². The Labute approximate surface area is 114 Å². The number of hydrogen-bond donors (Lipinski definition) is 1. The Kier molecular flexibility index (Phi) is 3.65. The maximum absolute atomic E-state index is 4.17. The minimum Gasteiger partial charge on any atom is -0.337 e. The van der Waals surface area contributed by atoms with Crippen molar-refractivity contribution in [3.8, 4) is 0 Å². The average molecular weight is 255 g/mol. The van der Waals surface area contributed by atoms with E-state index in [-0.39, 0.29) is 0 Å². The molecule has 1 atom stereocenters. The average Bonchev–Trinajstić information content (AvgIpc) is 2.93. The van der Waals surface area contributed by atoms with Gasteiger partial charge in [0, 0.05) is 30.9 Å². The van der Waals surface area contributed by atoms with E-state index in [2.05, 4.69) is 51.4 Å². The number of benzene rings is 1.